The maximum Gasteiger partial charge on any atom is 0.433 e. The third-order valence-electron chi connectivity index (χ3n) is 6.03. The lowest BCUT2D eigenvalue weighted by Crippen LogP contribution is -2.53. The second-order valence-corrected chi connectivity index (χ2v) is 8.05. The maximum atomic E-state index is 13.3. The molecule has 2 aliphatic heterocycles. The molecule has 0 bridgehead atoms. The number of ether oxygens (including phenoxy) is 1. The molecule has 5 rings (SSSR count). The Bertz CT molecular complexity index is 1360. The average molecular weight is 485 g/mol. The predicted molar refractivity (Wildman–Crippen MR) is 118 cm³/mol. The largest absolute Gasteiger partial charge is 0.465 e. The number of hydrogen-bond acceptors (Lipinski definition) is 7. The van der Waals surface area contributed by atoms with Gasteiger partial charge in [-0.05, 0) is 36.4 Å². The van der Waals surface area contributed by atoms with E-state index in [1.165, 1.54) is 42.5 Å². The Hall–Kier alpha value is -4.22. The lowest BCUT2D eigenvalue weighted by molar-refractivity contribution is -0.141. The van der Waals surface area contributed by atoms with Gasteiger partial charge in [0.2, 0.25) is 0 Å². The average Bonchev–Trinajstić information content (AvgIpc) is 3.11. The number of nitrogens with zero attached hydrogens (tertiary/aromatic N) is 5. The molecule has 2 aliphatic rings. The third-order valence-corrected chi connectivity index (χ3v) is 6.03. The summed E-state index contributed by atoms with van der Waals surface area (Å²) in [5, 5.41) is 0.411. The van der Waals surface area contributed by atoms with Crippen LogP contribution in [0.4, 0.5) is 29.5 Å². The molecule has 1 atom stereocenters. The number of benzene rings is 1. The number of amides is 3. The molecule has 0 aliphatic carbocycles. The van der Waals surface area contributed by atoms with Crippen molar-refractivity contribution in [1.29, 1.82) is 0 Å². The van der Waals surface area contributed by atoms with E-state index >= 15 is 0 Å². The van der Waals surface area contributed by atoms with Crippen LogP contribution in [0.3, 0.4) is 0 Å². The van der Waals surface area contributed by atoms with E-state index in [1.54, 1.807) is 17.0 Å². The Morgan fingerprint density at radius 1 is 1.11 bits per heavy atom. The monoisotopic (exact) mass is 485 g/mol. The highest BCUT2D eigenvalue weighted by molar-refractivity contribution is 6.22. The van der Waals surface area contributed by atoms with Gasteiger partial charge in [-0.25, -0.2) is 24.5 Å². The number of rotatable bonds is 3. The van der Waals surface area contributed by atoms with Gasteiger partial charge in [-0.15, -0.1) is 0 Å². The van der Waals surface area contributed by atoms with Crippen LogP contribution in [0.1, 0.15) is 16.1 Å². The molecule has 9 nitrogen and oxygen atoms in total. The van der Waals surface area contributed by atoms with Gasteiger partial charge in [-0.1, -0.05) is 6.07 Å². The predicted octanol–water partition coefficient (Wildman–Crippen LogP) is 3.09. The Labute approximate surface area is 196 Å². The zero-order valence-corrected chi connectivity index (χ0v) is 18.3. The van der Waals surface area contributed by atoms with E-state index in [4.69, 9.17) is 4.74 Å². The number of carbonyl (C=O) groups excluding carboxylic acids is 3. The van der Waals surface area contributed by atoms with Gasteiger partial charge in [-0.3, -0.25) is 4.79 Å². The number of carbonyl (C=O) groups is 3. The maximum absolute atomic E-state index is 13.3. The highest BCUT2D eigenvalue weighted by Gasteiger charge is 2.48. The van der Waals surface area contributed by atoms with E-state index in [-0.39, 0.29) is 29.9 Å². The molecule has 0 spiro atoms. The van der Waals surface area contributed by atoms with Gasteiger partial charge < -0.3 is 14.5 Å². The van der Waals surface area contributed by atoms with Crippen molar-refractivity contribution in [3.63, 3.8) is 0 Å². The van der Waals surface area contributed by atoms with E-state index in [0.29, 0.717) is 17.7 Å². The van der Waals surface area contributed by atoms with Crippen molar-refractivity contribution >= 4 is 40.3 Å². The molecule has 1 unspecified atom stereocenters. The lowest BCUT2D eigenvalue weighted by atomic mass is 10.1. The summed E-state index contributed by atoms with van der Waals surface area (Å²) < 4.78 is 43.9. The molecule has 35 heavy (non-hydrogen) atoms. The molecule has 2 fully saturated rings. The van der Waals surface area contributed by atoms with Crippen LogP contribution in [0.15, 0.2) is 48.7 Å². The Balaban J connectivity index is 1.44. The van der Waals surface area contributed by atoms with Crippen LogP contribution < -0.4 is 9.80 Å². The molecular weight excluding hydrogens is 467 g/mol. The summed E-state index contributed by atoms with van der Waals surface area (Å²) in [6.45, 7) is 0.623. The van der Waals surface area contributed by atoms with Crippen molar-refractivity contribution in [2.24, 2.45) is 0 Å². The first-order valence-corrected chi connectivity index (χ1v) is 10.6. The van der Waals surface area contributed by atoms with Crippen molar-refractivity contribution in [3.05, 3.63) is 59.9 Å². The number of aromatic nitrogens is 2. The molecule has 0 saturated carbocycles. The zero-order valence-electron chi connectivity index (χ0n) is 18.3. The van der Waals surface area contributed by atoms with E-state index in [1.807, 2.05) is 0 Å². The smallest absolute Gasteiger partial charge is 0.433 e. The first-order valence-electron chi connectivity index (χ1n) is 10.6. The van der Waals surface area contributed by atoms with Crippen LogP contribution >= 0.6 is 0 Å². The molecule has 3 aromatic rings. The summed E-state index contributed by atoms with van der Waals surface area (Å²) >= 11 is 0. The van der Waals surface area contributed by atoms with E-state index in [0.717, 1.165) is 11.0 Å². The van der Waals surface area contributed by atoms with Gasteiger partial charge in [0.1, 0.15) is 17.6 Å². The fourth-order valence-corrected chi connectivity index (χ4v) is 4.36. The van der Waals surface area contributed by atoms with Crippen LogP contribution in [0.2, 0.25) is 0 Å². The molecule has 0 radical (unpaired) electrons. The highest BCUT2D eigenvalue weighted by Crippen LogP contribution is 2.33. The molecule has 2 aromatic heterocycles. The number of esters is 1. The summed E-state index contributed by atoms with van der Waals surface area (Å²) in [4.78, 5) is 50.4. The Morgan fingerprint density at radius 3 is 2.66 bits per heavy atom. The van der Waals surface area contributed by atoms with Crippen LogP contribution in [0.5, 0.6) is 0 Å². The highest BCUT2D eigenvalue weighted by atomic mass is 19.4. The number of imide groups is 1. The Morgan fingerprint density at radius 2 is 1.91 bits per heavy atom. The van der Waals surface area contributed by atoms with Crippen LogP contribution in [0.25, 0.3) is 10.9 Å². The molecule has 4 heterocycles. The Kier molecular flexibility index (Phi) is 5.30. The molecule has 3 amide bonds. The molecule has 0 N–H and O–H groups in total. The number of fused-ring (bicyclic) bond motifs is 2. The number of piperazine rings is 1. The molecule has 1 aromatic carbocycles. The topological polar surface area (TPSA) is 95.9 Å². The second kappa shape index (κ2) is 8.22. The van der Waals surface area contributed by atoms with E-state index in [9.17, 15) is 27.6 Å². The number of anilines is 2. The van der Waals surface area contributed by atoms with Crippen molar-refractivity contribution in [2.75, 3.05) is 36.5 Å². The van der Waals surface area contributed by atoms with Crippen molar-refractivity contribution in [2.45, 2.75) is 12.2 Å². The molecular formula is C23H18F3N5O4. The lowest BCUT2D eigenvalue weighted by Gasteiger charge is -2.36. The minimum absolute atomic E-state index is 0.102. The summed E-state index contributed by atoms with van der Waals surface area (Å²) in [5.41, 5.74) is -0.436. The first-order chi connectivity index (χ1) is 16.7. The van der Waals surface area contributed by atoms with Crippen molar-refractivity contribution in [1.82, 2.24) is 14.9 Å². The number of halogens is 3. The first kappa shape index (κ1) is 22.6. The summed E-state index contributed by atoms with van der Waals surface area (Å²) in [5.74, 6) is -0.687. The van der Waals surface area contributed by atoms with E-state index in [2.05, 4.69) is 9.97 Å². The van der Waals surface area contributed by atoms with Crippen LogP contribution in [-0.2, 0) is 15.7 Å². The summed E-state index contributed by atoms with van der Waals surface area (Å²) in [7, 11) is 1.23. The van der Waals surface area contributed by atoms with Gasteiger partial charge >= 0.3 is 18.2 Å². The minimum Gasteiger partial charge on any atom is -0.465 e. The van der Waals surface area contributed by atoms with Gasteiger partial charge in [-0.2, -0.15) is 13.2 Å². The number of pyridine rings is 2. The number of methoxy groups -OCH3 is 1. The third kappa shape index (κ3) is 3.80. The van der Waals surface area contributed by atoms with Crippen LogP contribution in [-0.4, -0.2) is 65.6 Å². The molecule has 2 saturated heterocycles. The fraction of sp³-hybridized carbons (Fsp3) is 0.261. The van der Waals surface area contributed by atoms with Gasteiger partial charge in [0, 0.05) is 31.2 Å². The fourth-order valence-electron chi connectivity index (χ4n) is 4.36. The van der Waals surface area contributed by atoms with Gasteiger partial charge in [0.25, 0.3) is 5.91 Å². The minimum atomic E-state index is -4.57. The number of urea groups is 1. The molecule has 12 heteroatoms. The second-order valence-electron chi connectivity index (χ2n) is 8.05. The zero-order chi connectivity index (χ0) is 24.9. The van der Waals surface area contributed by atoms with Crippen molar-refractivity contribution < 1.29 is 32.3 Å². The summed E-state index contributed by atoms with van der Waals surface area (Å²) in [6.07, 6.45) is -3.21. The SMILES string of the molecule is COC(=O)c1cccc(N2C(=O)C3CN(c4nccc5nc(C(F)(F)F)ccc45)CCN3C2=O)c1. The van der Waals surface area contributed by atoms with Crippen LogP contribution in [0, 0.1) is 0 Å². The van der Waals surface area contributed by atoms with Crippen molar-refractivity contribution in [3.8, 4) is 0 Å². The summed E-state index contributed by atoms with van der Waals surface area (Å²) in [6, 6.07) is 8.29. The van der Waals surface area contributed by atoms with E-state index < -0.39 is 35.8 Å². The van der Waals surface area contributed by atoms with Gasteiger partial charge in [0.05, 0.1) is 23.9 Å². The normalized spacial score (nSPS) is 18.3. The molecule has 180 valence electrons. The number of alkyl halides is 3. The quantitative estimate of drug-likeness (QED) is 0.416. The number of hydrogen-bond donors (Lipinski definition) is 0. The van der Waals surface area contributed by atoms with Gasteiger partial charge in [0.15, 0.2) is 0 Å². The standard InChI is InChI=1S/C23H18F3N5O4/c1-35-21(33)13-3-2-4-14(11-13)31-20(32)17-12-29(9-10-30(17)22(31)34)19-15-5-6-18(23(24,25)26)28-16(15)7-8-27-19/h2-8,11,17H,9-10,12H2,1H3.